The van der Waals surface area contributed by atoms with Gasteiger partial charge in [-0.2, -0.15) is 5.26 Å². The minimum Gasteiger partial charge on any atom is -0.339 e. The first-order valence-electron chi connectivity index (χ1n) is 7.02. The zero-order valence-corrected chi connectivity index (χ0v) is 12.6. The highest BCUT2D eigenvalue weighted by atomic mass is 19.1. The zero-order valence-electron chi connectivity index (χ0n) is 12.6. The Kier molecular flexibility index (Phi) is 3.62. The first-order valence-corrected chi connectivity index (χ1v) is 7.02. The molecule has 0 aliphatic carbocycles. The van der Waals surface area contributed by atoms with Crippen LogP contribution in [-0.2, 0) is 0 Å². The molecule has 0 radical (unpaired) electrons. The Morgan fingerprint density at radius 1 is 1.30 bits per heavy atom. The maximum Gasteiger partial charge on any atom is 0.187 e. The molecule has 0 aliphatic heterocycles. The van der Waals surface area contributed by atoms with E-state index in [-0.39, 0.29) is 11.4 Å². The number of hydrogen-bond donors (Lipinski definition) is 1. The number of halogens is 1. The van der Waals surface area contributed by atoms with E-state index in [1.165, 1.54) is 12.1 Å². The largest absolute Gasteiger partial charge is 0.339 e. The molecule has 1 N–H and O–H groups in total. The van der Waals surface area contributed by atoms with Crippen LogP contribution in [0.15, 0.2) is 30.5 Å². The standard InChI is InChI=1S/C17H13FN4O/c1-9-3-4-11(7-13(9)18)15(23)12(8-19)16-21-14-10(2)5-6-20-17(14)22-16/h3-7,12H,1-2H3,(H,20,21,22). The average Bonchev–Trinajstić information content (AvgIpc) is 2.96. The second-order valence-electron chi connectivity index (χ2n) is 5.34. The summed E-state index contributed by atoms with van der Waals surface area (Å²) in [6.45, 7) is 3.49. The molecule has 2 aromatic heterocycles. The molecule has 5 nitrogen and oxygen atoms in total. The number of aryl methyl sites for hydroxylation is 2. The van der Waals surface area contributed by atoms with Crippen LogP contribution in [0.2, 0.25) is 0 Å². The van der Waals surface area contributed by atoms with Gasteiger partial charge in [-0.25, -0.2) is 14.4 Å². The predicted octanol–water partition coefficient (Wildman–Crippen LogP) is 3.20. The van der Waals surface area contributed by atoms with E-state index in [9.17, 15) is 14.4 Å². The molecule has 3 aromatic rings. The Labute approximate surface area is 131 Å². The van der Waals surface area contributed by atoms with Crippen LogP contribution in [0.3, 0.4) is 0 Å². The maximum atomic E-state index is 13.7. The SMILES string of the molecule is Cc1ccc(C(=O)C(C#N)c2nc3nccc(C)c3[nH]2)cc1F. The molecule has 0 bridgehead atoms. The lowest BCUT2D eigenvalue weighted by molar-refractivity contribution is 0.0976. The van der Waals surface area contributed by atoms with Gasteiger partial charge in [0, 0.05) is 11.8 Å². The number of nitrogens with one attached hydrogen (secondary N) is 1. The Morgan fingerprint density at radius 3 is 2.74 bits per heavy atom. The molecule has 1 unspecified atom stereocenters. The van der Waals surface area contributed by atoms with E-state index in [0.717, 1.165) is 11.6 Å². The van der Waals surface area contributed by atoms with Crippen LogP contribution in [0.1, 0.15) is 33.2 Å². The fraction of sp³-hybridized carbons (Fsp3) is 0.176. The number of ketones is 1. The van der Waals surface area contributed by atoms with Gasteiger partial charge in [0.1, 0.15) is 11.6 Å². The number of carbonyl (C=O) groups excluding carboxylic acids is 1. The van der Waals surface area contributed by atoms with Gasteiger partial charge in [-0.05, 0) is 37.1 Å². The third-order valence-corrected chi connectivity index (χ3v) is 3.74. The molecule has 23 heavy (non-hydrogen) atoms. The molecule has 0 saturated heterocycles. The average molecular weight is 308 g/mol. The lowest BCUT2D eigenvalue weighted by Crippen LogP contribution is -2.13. The summed E-state index contributed by atoms with van der Waals surface area (Å²) in [4.78, 5) is 23.9. The Balaban J connectivity index is 2.04. The van der Waals surface area contributed by atoms with Gasteiger partial charge in [0.05, 0.1) is 11.6 Å². The highest BCUT2D eigenvalue weighted by molar-refractivity contribution is 6.02. The van der Waals surface area contributed by atoms with Crippen LogP contribution >= 0.6 is 0 Å². The molecular formula is C17H13FN4O. The molecule has 2 heterocycles. The highest BCUT2D eigenvalue weighted by Crippen LogP contribution is 2.22. The number of Topliss-reactive ketones (excluding diaryl/α,β-unsaturated/α-hetero) is 1. The second kappa shape index (κ2) is 5.61. The van der Waals surface area contributed by atoms with Crippen LogP contribution in [0.5, 0.6) is 0 Å². The molecule has 3 rings (SSSR count). The number of pyridine rings is 1. The van der Waals surface area contributed by atoms with Crippen molar-refractivity contribution in [2.24, 2.45) is 0 Å². The molecule has 0 fully saturated rings. The Bertz CT molecular complexity index is 955. The summed E-state index contributed by atoms with van der Waals surface area (Å²) in [5.41, 5.74) is 2.64. The summed E-state index contributed by atoms with van der Waals surface area (Å²) >= 11 is 0. The van der Waals surface area contributed by atoms with Crippen molar-refractivity contribution < 1.29 is 9.18 Å². The zero-order chi connectivity index (χ0) is 16.6. The molecule has 0 aliphatic rings. The van der Waals surface area contributed by atoms with Gasteiger partial charge in [-0.1, -0.05) is 12.1 Å². The van der Waals surface area contributed by atoms with Gasteiger partial charge in [-0.15, -0.1) is 0 Å². The van der Waals surface area contributed by atoms with Crippen molar-refractivity contribution in [1.29, 1.82) is 5.26 Å². The van der Waals surface area contributed by atoms with Crippen LogP contribution in [0, 0.1) is 31.0 Å². The summed E-state index contributed by atoms with van der Waals surface area (Å²) in [7, 11) is 0. The van der Waals surface area contributed by atoms with Gasteiger partial charge in [0.15, 0.2) is 17.3 Å². The number of rotatable bonds is 3. The van der Waals surface area contributed by atoms with Crippen molar-refractivity contribution in [2.45, 2.75) is 19.8 Å². The number of nitrogens with zero attached hydrogens (tertiary/aromatic N) is 3. The quantitative estimate of drug-likeness (QED) is 0.753. The van der Waals surface area contributed by atoms with Crippen molar-refractivity contribution in [3.05, 3.63) is 58.8 Å². The number of hydrogen-bond acceptors (Lipinski definition) is 4. The van der Waals surface area contributed by atoms with E-state index in [1.807, 2.05) is 19.1 Å². The molecule has 0 amide bonds. The fourth-order valence-corrected chi connectivity index (χ4v) is 2.35. The lowest BCUT2D eigenvalue weighted by atomic mass is 9.97. The lowest BCUT2D eigenvalue weighted by Gasteiger charge is -2.06. The number of carbonyl (C=O) groups is 1. The summed E-state index contributed by atoms with van der Waals surface area (Å²) in [6, 6.07) is 7.92. The Morgan fingerprint density at radius 2 is 2.09 bits per heavy atom. The van der Waals surface area contributed by atoms with Crippen LogP contribution < -0.4 is 0 Å². The van der Waals surface area contributed by atoms with E-state index in [0.29, 0.717) is 16.7 Å². The molecule has 1 atom stereocenters. The minimum atomic E-state index is -1.13. The number of nitriles is 1. The van der Waals surface area contributed by atoms with Crippen LogP contribution in [0.25, 0.3) is 11.2 Å². The van der Waals surface area contributed by atoms with E-state index < -0.39 is 17.5 Å². The van der Waals surface area contributed by atoms with Crippen LogP contribution in [0.4, 0.5) is 4.39 Å². The molecule has 0 spiro atoms. The van der Waals surface area contributed by atoms with E-state index in [4.69, 9.17) is 0 Å². The van der Waals surface area contributed by atoms with E-state index >= 15 is 0 Å². The monoisotopic (exact) mass is 308 g/mol. The topological polar surface area (TPSA) is 82.4 Å². The van der Waals surface area contributed by atoms with E-state index in [1.54, 1.807) is 13.1 Å². The number of H-pyrrole nitrogens is 1. The fourth-order valence-electron chi connectivity index (χ4n) is 2.35. The second-order valence-corrected chi connectivity index (χ2v) is 5.34. The summed E-state index contributed by atoms with van der Waals surface area (Å²) < 4.78 is 13.7. The molecule has 0 saturated carbocycles. The Hall–Kier alpha value is -3.07. The predicted molar refractivity (Wildman–Crippen MR) is 82.4 cm³/mol. The highest BCUT2D eigenvalue weighted by Gasteiger charge is 2.26. The third kappa shape index (κ3) is 2.57. The first-order chi connectivity index (χ1) is 11.0. The number of aromatic nitrogens is 3. The summed E-state index contributed by atoms with van der Waals surface area (Å²) in [6.07, 6.45) is 1.61. The third-order valence-electron chi connectivity index (χ3n) is 3.74. The number of fused-ring (bicyclic) bond motifs is 1. The van der Waals surface area contributed by atoms with E-state index in [2.05, 4.69) is 15.0 Å². The van der Waals surface area contributed by atoms with Crippen molar-refractivity contribution in [1.82, 2.24) is 15.0 Å². The van der Waals surface area contributed by atoms with Crippen molar-refractivity contribution in [3.8, 4) is 6.07 Å². The van der Waals surface area contributed by atoms with Gasteiger partial charge in [0.25, 0.3) is 0 Å². The smallest absolute Gasteiger partial charge is 0.187 e. The first kappa shape index (κ1) is 14.9. The van der Waals surface area contributed by atoms with Gasteiger partial charge in [0.2, 0.25) is 0 Å². The molecule has 1 aromatic carbocycles. The number of benzene rings is 1. The van der Waals surface area contributed by atoms with Gasteiger partial charge in [-0.3, -0.25) is 4.79 Å². The van der Waals surface area contributed by atoms with Gasteiger partial charge >= 0.3 is 0 Å². The van der Waals surface area contributed by atoms with Crippen molar-refractivity contribution in [2.75, 3.05) is 0 Å². The van der Waals surface area contributed by atoms with Crippen LogP contribution in [-0.4, -0.2) is 20.7 Å². The summed E-state index contributed by atoms with van der Waals surface area (Å²) in [5.74, 6) is -1.89. The normalized spacial score (nSPS) is 12.1. The van der Waals surface area contributed by atoms with Gasteiger partial charge < -0.3 is 4.98 Å². The van der Waals surface area contributed by atoms with Crippen molar-refractivity contribution >= 4 is 16.9 Å². The summed E-state index contributed by atoms with van der Waals surface area (Å²) in [5, 5.41) is 9.38. The number of aromatic amines is 1. The minimum absolute atomic E-state index is 0.143. The molecule has 6 heteroatoms. The van der Waals surface area contributed by atoms with Crippen molar-refractivity contribution in [3.63, 3.8) is 0 Å². The molecular weight excluding hydrogens is 295 g/mol. The maximum absolute atomic E-state index is 13.7. The molecule has 114 valence electrons. The number of imidazole rings is 1.